The Morgan fingerprint density at radius 3 is 2.31 bits per heavy atom. The number of alkyl halides is 1. The highest BCUT2D eigenvalue weighted by molar-refractivity contribution is 9.09. The standard InChI is InChI=1S/C14H10BrN/c15-14(12-6-2-1-3-7-12)13-8-4-5-11(9-13)10-16/h1-9,14H. The normalized spacial score (nSPS) is 11.8. The van der Waals surface area contributed by atoms with Crippen LogP contribution in [0.1, 0.15) is 21.5 Å². The molecule has 0 aromatic heterocycles. The minimum absolute atomic E-state index is 0.141. The first-order valence-electron chi connectivity index (χ1n) is 5.00. The molecule has 0 aliphatic carbocycles. The van der Waals surface area contributed by atoms with E-state index >= 15 is 0 Å². The fourth-order valence-electron chi connectivity index (χ4n) is 1.58. The molecule has 16 heavy (non-hydrogen) atoms. The summed E-state index contributed by atoms with van der Waals surface area (Å²) in [5.41, 5.74) is 2.99. The van der Waals surface area contributed by atoms with Gasteiger partial charge in [-0.1, -0.05) is 58.4 Å². The van der Waals surface area contributed by atoms with Gasteiger partial charge in [-0.05, 0) is 23.3 Å². The van der Waals surface area contributed by atoms with Gasteiger partial charge in [0.25, 0.3) is 0 Å². The van der Waals surface area contributed by atoms with Crippen molar-refractivity contribution in [3.05, 3.63) is 71.3 Å². The number of halogens is 1. The van der Waals surface area contributed by atoms with Crippen LogP contribution in [0.3, 0.4) is 0 Å². The van der Waals surface area contributed by atoms with Crippen molar-refractivity contribution in [1.29, 1.82) is 5.26 Å². The fourth-order valence-corrected chi connectivity index (χ4v) is 2.17. The summed E-state index contributed by atoms with van der Waals surface area (Å²) in [6.07, 6.45) is 0. The lowest BCUT2D eigenvalue weighted by molar-refractivity contribution is 1.17. The predicted molar refractivity (Wildman–Crippen MR) is 68.4 cm³/mol. The lowest BCUT2D eigenvalue weighted by Crippen LogP contribution is -1.92. The monoisotopic (exact) mass is 271 g/mol. The summed E-state index contributed by atoms with van der Waals surface area (Å²) in [5, 5.41) is 8.85. The lowest BCUT2D eigenvalue weighted by Gasteiger charge is -2.10. The molecule has 0 saturated carbocycles. The second-order valence-corrected chi connectivity index (χ2v) is 4.43. The van der Waals surface area contributed by atoms with E-state index in [1.54, 1.807) is 0 Å². The van der Waals surface area contributed by atoms with Gasteiger partial charge in [0.15, 0.2) is 0 Å². The van der Waals surface area contributed by atoms with Gasteiger partial charge in [-0.15, -0.1) is 0 Å². The first kappa shape index (κ1) is 10.9. The molecule has 0 bridgehead atoms. The zero-order valence-electron chi connectivity index (χ0n) is 8.60. The van der Waals surface area contributed by atoms with Gasteiger partial charge in [0, 0.05) is 0 Å². The number of nitriles is 1. The molecule has 0 fully saturated rings. The third-order valence-electron chi connectivity index (χ3n) is 2.40. The van der Waals surface area contributed by atoms with Crippen LogP contribution in [0.5, 0.6) is 0 Å². The first-order valence-corrected chi connectivity index (χ1v) is 5.92. The van der Waals surface area contributed by atoms with Crippen LogP contribution < -0.4 is 0 Å². The zero-order chi connectivity index (χ0) is 11.4. The Morgan fingerprint density at radius 1 is 0.938 bits per heavy atom. The topological polar surface area (TPSA) is 23.8 Å². The van der Waals surface area contributed by atoms with Crippen molar-refractivity contribution in [3.8, 4) is 6.07 Å². The van der Waals surface area contributed by atoms with Crippen molar-refractivity contribution in [2.45, 2.75) is 4.83 Å². The van der Waals surface area contributed by atoms with Crippen molar-refractivity contribution in [3.63, 3.8) is 0 Å². The fraction of sp³-hybridized carbons (Fsp3) is 0.0714. The van der Waals surface area contributed by atoms with Crippen molar-refractivity contribution in [2.24, 2.45) is 0 Å². The zero-order valence-corrected chi connectivity index (χ0v) is 10.2. The summed E-state index contributed by atoms with van der Waals surface area (Å²) < 4.78 is 0. The van der Waals surface area contributed by atoms with E-state index in [4.69, 9.17) is 5.26 Å². The molecule has 0 heterocycles. The molecule has 78 valence electrons. The molecule has 0 aliphatic rings. The molecular weight excluding hydrogens is 262 g/mol. The molecule has 1 atom stereocenters. The minimum atomic E-state index is 0.141. The van der Waals surface area contributed by atoms with Gasteiger partial charge in [0.1, 0.15) is 0 Å². The average molecular weight is 272 g/mol. The summed E-state index contributed by atoms with van der Waals surface area (Å²) >= 11 is 3.65. The Labute approximate surface area is 103 Å². The molecule has 1 nitrogen and oxygen atoms in total. The highest BCUT2D eigenvalue weighted by atomic mass is 79.9. The molecule has 2 rings (SSSR count). The van der Waals surface area contributed by atoms with Crippen LogP contribution in [0.2, 0.25) is 0 Å². The molecule has 0 aliphatic heterocycles. The summed E-state index contributed by atoms with van der Waals surface area (Å²) in [6.45, 7) is 0. The maximum atomic E-state index is 8.85. The number of rotatable bonds is 2. The van der Waals surface area contributed by atoms with Crippen LogP contribution in [-0.2, 0) is 0 Å². The van der Waals surface area contributed by atoms with Crippen LogP contribution in [0, 0.1) is 11.3 Å². The molecule has 0 saturated heterocycles. The quantitative estimate of drug-likeness (QED) is 0.757. The van der Waals surface area contributed by atoms with E-state index in [0.29, 0.717) is 5.56 Å². The molecule has 2 heteroatoms. The molecule has 0 spiro atoms. The smallest absolute Gasteiger partial charge is 0.0991 e. The van der Waals surface area contributed by atoms with Crippen molar-refractivity contribution in [1.82, 2.24) is 0 Å². The number of hydrogen-bond acceptors (Lipinski definition) is 1. The summed E-state index contributed by atoms with van der Waals surface area (Å²) in [5.74, 6) is 0. The summed E-state index contributed by atoms with van der Waals surface area (Å²) in [6, 6.07) is 20.0. The van der Waals surface area contributed by atoms with Gasteiger partial charge in [-0.2, -0.15) is 5.26 Å². The maximum absolute atomic E-state index is 8.85. The summed E-state index contributed by atoms with van der Waals surface area (Å²) in [4.78, 5) is 0.141. The van der Waals surface area contributed by atoms with E-state index in [9.17, 15) is 0 Å². The van der Waals surface area contributed by atoms with Gasteiger partial charge >= 0.3 is 0 Å². The third kappa shape index (κ3) is 2.32. The molecule has 1 unspecified atom stereocenters. The molecule has 0 N–H and O–H groups in total. The SMILES string of the molecule is N#Cc1cccc(C(Br)c2ccccc2)c1. The molecule has 2 aromatic carbocycles. The lowest BCUT2D eigenvalue weighted by atomic mass is 10.0. The van der Waals surface area contributed by atoms with Gasteiger partial charge < -0.3 is 0 Å². The minimum Gasteiger partial charge on any atom is -0.192 e. The van der Waals surface area contributed by atoms with Crippen LogP contribution in [-0.4, -0.2) is 0 Å². The molecule has 2 aromatic rings. The van der Waals surface area contributed by atoms with Gasteiger partial charge in [0.2, 0.25) is 0 Å². The van der Waals surface area contributed by atoms with Crippen LogP contribution in [0.15, 0.2) is 54.6 Å². The summed E-state index contributed by atoms with van der Waals surface area (Å²) in [7, 11) is 0. The number of nitrogens with zero attached hydrogens (tertiary/aromatic N) is 1. The number of benzene rings is 2. The van der Waals surface area contributed by atoms with E-state index in [1.165, 1.54) is 5.56 Å². The Hall–Kier alpha value is -1.59. The molecular formula is C14H10BrN. The Balaban J connectivity index is 2.35. The van der Waals surface area contributed by atoms with Crippen molar-refractivity contribution in [2.75, 3.05) is 0 Å². The maximum Gasteiger partial charge on any atom is 0.0991 e. The van der Waals surface area contributed by atoms with Crippen molar-refractivity contribution < 1.29 is 0 Å². The van der Waals surface area contributed by atoms with E-state index in [-0.39, 0.29) is 4.83 Å². The Kier molecular flexibility index (Phi) is 3.38. The Morgan fingerprint density at radius 2 is 1.62 bits per heavy atom. The average Bonchev–Trinajstić information content (AvgIpc) is 2.39. The van der Waals surface area contributed by atoms with Crippen LogP contribution >= 0.6 is 15.9 Å². The predicted octanol–water partition coefficient (Wildman–Crippen LogP) is 4.04. The van der Waals surface area contributed by atoms with Gasteiger partial charge in [-0.3, -0.25) is 0 Å². The highest BCUT2D eigenvalue weighted by Gasteiger charge is 2.09. The van der Waals surface area contributed by atoms with Crippen molar-refractivity contribution >= 4 is 15.9 Å². The first-order chi connectivity index (χ1) is 7.81. The molecule has 0 amide bonds. The van der Waals surface area contributed by atoms with Crippen LogP contribution in [0.25, 0.3) is 0 Å². The van der Waals surface area contributed by atoms with Gasteiger partial charge in [0.05, 0.1) is 16.5 Å². The Bertz CT molecular complexity index is 514. The number of hydrogen-bond donors (Lipinski definition) is 0. The third-order valence-corrected chi connectivity index (χ3v) is 3.46. The van der Waals surface area contributed by atoms with Gasteiger partial charge in [-0.25, -0.2) is 0 Å². The highest BCUT2D eigenvalue weighted by Crippen LogP contribution is 2.30. The molecule has 0 radical (unpaired) electrons. The second kappa shape index (κ2) is 4.96. The van der Waals surface area contributed by atoms with E-state index in [2.05, 4.69) is 34.1 Å². The second-order valence-electron chi connectivity index (χ2n) is 3.51. The van der Waals surface area contributed by atoms with E-state index in [1.807, 2.05) is 42.5 Å². The van der Waals surface area contributed by atoms with E-state index < -0.39 is 0 Å². The van der Waals surface area contributed by atoms with E-state index in [0.717, 1.165) is 5.56 Å². The largest absolute Gasteiger partial charge is 0.192 e. The van der Waals surface area contributed by atoms with Crippen LogP contribution in [0.4, 0.5) is 0 Å².